The summed E-state index contributed by atoms with van der Waals surface area (Å²) in [5.74, 6) is 1.55. The van der Waals surface area contributed by atoms with Gasteiger partial charge in [-0.15, -0.1) is 0 Å². The third kappa shape index (κ3) is 2.50. The summed E-state index contributed by atoms with van der Waals surface area (Å²) in [6.07, 6.45) is 7.53. The number of nitrogens with zero attached hydrogens (tertiary/aromatic N) is 3. The van der Waals surface area contributed by atoms with E-state index < -0.39 is 0 Å². The van der Waals surface area contributed by atoms with E-state index in [9.17, 15) is 0 Å². The van der Waals surface area contributed by atoms with Gasteiger partial charge in [-0.3, -0.25) is 4.98 Å². The van der Waals surface area contributed by atoms with Crippen LogP contribution >= 0.6 is 15.9 Å². The van der Waals surface area contributed by atoms with E-state index in [1.54, 1.807) is 6.20 Å². The van der Waals surface area contributed by atoms with E-state index in [0.29, 0.717) is 5.92 Å². The topological polar surface area (TPSA) is 30.7 Å². The van der Waals surface area contributed by atoms with E-state index in [1.165, 1.54) is 5.56 Å². The summed E-state index contributed by atoms with van der Waals surface area (Å²) in [5.41, 5.74) is 1.18. The molecule has 0 saturated heterocycles. The van der Waals surface area contributed by atoms with Crippen LogP contribution in [0.3, 0.4) is 0 Å². The zero-order valence-electron chi connectivity index (χ0n) is 9.39. The summed E-state index contributed by atoms with van der Waals surface area (Å²) in [5, 5.41) is 0. The first kappa shape index (κ1) is 11.3. The minimum atomic E-state index is 0.440. The molecule has 0 aromatic carbocycles. The maximum Gasteiger partial charge on any atom is 0.111 e. The Balaban J connectivity index is 2.24. The van der Waals surface area contributed by atoms with Crippen molar-refractivity contribution in [3.63, 3.8) is 0 Å². The lowest BCUT2D eigenvalue weighted by Crippen LogP contribution is -2.06. The zero-order chi connectivity index (χ0) is 11.5. The first-order valence-electron chi connectivity index (χ1n) is 5.27. The number of imidazole rings is 1. The van der Waals surface area contributed by atoms with Gasteiger partial charge in [0.25, 0.3) is 0 Å². The highest BCUT2D eigenvalue weighted by molar-refractivity contribution is 9.10. The van der Waals surface area contributed by atoms with Crippen molar-refractivity contribution in [2.45, 2.75) is 26.3 Å². The lowest BCUT2D eigenvalue weighted by Gasteiger charge is -2.10. The molecule has 16 heavy (non-hydrogen) atoms. The molecule has 0 N–H and O–H groups in total. The predicted octanol–water partition coefficient (Wildman–Crippen LogP) is 3.21. The van der Waals surface area contributed by atoms with E-state index in [4.69, 9.17) is 0 Å². The first-order chi connectivity index (χ1) is 7.66. The molecule has 2 rings (SSSR count). The lowest BCUT2D eigenvalue weighted by atomic mass is 10.2. The van der Waals surface area contributed by atoms with Crippen LogP contribution in [0.25, 0.3) is 0 Å². The maximum absolute atomic E-state index is 4.37. The Morgan fingerprint density at radius 2 is 2.19 bits per heavy atom. The predicted molar refractivity (Wildman–Crippen MR) is 67.4 cm³/mol. The van der Waals surface area contributed by atoms with Crippen molar-refractivity contribution in [3.8, 4) is 0 Å². The standard InChI is InChI=1S/C12H14BrN3/c1-9(2)12-15-3-4-16(12)8-10-5-11(13)7-14-6-10/h3-7,9H,8H2,1-2H3. The van der Waals surface area contributed by atoms with Gasteiger partial charge in [-0.1, -0.05) is 13.8 Å². The van der Waals surface area contributed by atoms with Crippen LogP contribution in [-0.2, 0) is 6.54 Å². The van der Waals surface area contributed by atoms with E-state index >= 15 is 0 Å². The summed E-state index contributed by atoms with van der Waals surface area (Å²) in [7, 11) is 0. The fourth-order valence-electron chi connectivity index (χ4n) is 1.69. The highest BCUT2D eigenvalue weighted by Crippen LogP contribution is 2.15. The Morgan fingerprint density at radius 3 is 2.88 bits per heavy atom. The molecule has 2 aromatic rings. The average Bonchev–Trinajstić information content (AvgIpc) is 2.66. The zero-order valence-corrected chi connectivity index (χ0v) is 11.0. The molecule has 0 amide bonds. The third-order valence-electron chi connectivity index (χ3n) is 2.38. The molecule has 0 unspecified atom stereocenters. The Morgan fingerprint density at radius 1 is 1.38 bits per heavy atom. The summed E-state index contributed by atoms with van der Waals surface area (Å²) in [6.45, 7) is 5.12. The molecule has 4 heteroatoms. The van der Waals surface area contributed by atoms with Gasteiger partial charge in [0.05, 0.1) is 6.54 Å². The van der Waals surface area contributed by atoms with Gasteiger partial charge in [0.1, 0.15) is 5.82 Å². The van der Waals surface area contributed by atoms with Crippen molar-refractivity contribution >= 4 is 15.9 Å². The highest BCUT2D eigenvalue weighted by Gasteiger charge is 2.07. The minimum Gasteiger partial charge on any atom is -0.330 e. The summed E-state index contributed by atoms with van der Waals surface area (Å²) < 4.78 is 3.17. The average molecular weight is 280 g/mol. The van der Waals surface area contributed by atoms with Crippen LogP contribution in [-0.4, -0.2) is 14.5 Å². The molecule has 84 valence electrons. The number of halogens is 1. The molecule has 3 nitrogen and oxygen atoms in total. The molecule has 0 radical (unpaired) electrons. The molecule has 2 heterocycles. The molecule has 2 aromatic heterocycles. The molecule has 0 atom stereocenters. The SMILES string of the molecule is CC(C)c1nccn1Cc1cncc(Br)c1. The normalized spacial score (nSPS) is 11.0. The van der Waals surface area contributed by atoms with Crippen molar-refractivity contribution in [2.24, 2.45) is 0 Å². The summed E-state index contributed by atoms with van der Waals surface area (Å²) in [6, 6.07) is 2.08. The van der Waals surface area contributed by atoms with Crippen LogP contribution in [0.4, 0.5) is 0 Å². The highest BCUT2D eigenvalue weighted by atomic mass is 79.9. The van der Waals surface area contributed by atoms with Crippen LogP contribution in [0.15, 0.2) is 35.3 Å². The Labute approximate surface area is 104 Å². The van der Waals surface area contributed by atoms with E-state index in [1.807, 2.05) is 18.6 Å². The molecule has 0 fully saturated rings. The molecule has 0 aliphatic heterocycles. The van der Waals surface area contributed by atoms with Crippen molar-refractivity contribution in [1.82, 2.24) is 14.5 Å². The van der Waals surface area contributed by atoms with Gasteiger partial charge in [-0.25, -0.2) is 4.98 Å². The summed E-state index contributed by atoms with van der Waals surface area (Å²) in [4.78, 5) is 8.52. The minimum absolute atomic E-state index is 0.440. The second kappa shape index (κ2) is 4.78. The van der Waals surface area contributed by atoms with E-state index in [0.717, 1.165) is 16.8 Å². The molecule has 0 aliphatic rings. The van der Waals surface area contributed by atoms with Crippen molar-refractivity contribution in [1.29, 1.82) is 0 Å². The van der Waals surface area contributed by atoms with Crippen molar-refractivity contribution in [3.05, 3.63) is 46.7 Å². The molecule has 0 spiro atoms. The van der Waals surface area contributed by atoms with Gasteiger partial charge in [0, 0.05) is 35.2 Å². The fraction of sp³-hybridized carbons (Fsp3) is 0.333. The van der Waals surface area contributed by atoms with Crippen LogP contribution in [0.1, 0.15) is 31.2 Å². The maximum atomic E-state index is 4.37. The van der Waals surface area contributed by atoms with Gasteiger partial charge < -0.3 is 4.57 Å². The molecule has 0 aliphatic carbocycles. The Bertz CT molecular complexity index is 477. The lowest BCUT2D eigenvalue weighted by molar-refractivity contribution is 0.668. The van der Waals surface area contributed by atoms with Gasteiger partial charge >= 0.3 is 0 Å². The van der Waals surface area contributed by atoms with Crippen molar-refractivity contribution in [2.75, 3.05) is 0 Å². The second-order valence-electron chi connectivity index (χ2n) is 4.08. The number of hydrogen-bond acceptors (Lipinski definition) is 2. The second-order valence-corrected chi connectivity index (χ2v) is 5.00. The number of hydrogen-bond donors (Lipinski definition) is 0. The van der Waals surface area contributed by atoms with E-state index in [-0.39, 0.29) is 0 Å². The van der Waals surface area contributed by atoms with Gasteiger partial charge in [0.15, 0.2) is 0 Å². The van der Waals surface area contributed by atoms with Gasteiger partial charge in [0.2, 0.25) is 0 Å². The smallest absolute Gasteiger partial charge is 0.111 e. The Hall–Kier alpha value is -1.16. The number of rotatable bonds is 3. The van der Waals surface area contributed by atoms with Crippen LogP contribution in [0.2, 0.25) is 0 Å². The molecule has 0 bridgehead atoms. The van der Waals surface area contributed by atoms with Crippen LogP contribution in [0.5, 0.6) is 0 Å². The van der Waals surface area contributed by atoms with Gasteiger partial charge in [-0.2, -0.15) is 0 Å². The summed E-state index contributed by atoms with van der Waals surface area (Å²) >= 11 is 3.43. The fourth-order valence-corrected chi connectivity index (χ4v) is 2.11. The van der Waals surface area contributed by atoms with Gasteiger partial charge in [-0.05, 0) is 27.6 Å². The Kier molecular flexibility index (Phi) is 3.39. The first-order valence-corrected chi connectivity index (χ1v) is 6.06. The third-order valence-corrected chi connectivity index (χ3v) is 2.81. The van der Waals surface area contributed by atoms with E-state index in [2.05, 4.69) is 50.4 Å². The number of pyridine rings is 1. The molecule has 0 saturated carbocycles. The molecular weight excluding hydrogens is 266 g/mol. The van der Waals surface area contributed by atoms with Crippen molar-refractivity contribution < 1.29 is 0 Å². The monoisotopic (exact) mass is 279 g/mol. The molecular formula is C12H14BrN3. The van der Waals surface area contributed by atoms with Crippen LogP contribution in [0, 0.1) is 0 Å². The largest absolute Gasteiger partial charge is 0.330 e. The van der Waals surface area contributed by atoms with Crippen LogP contribution < -0.4 is 0 Å². The number of aromatic nitrogens is 3. The quantitative estimate of drug-likeness (QED) is 0.864.